The van der Waals surface area contributed by atoms with E-state index in [0.717, 1.165) is 0 Å². The van der Waals surface area contributed by atoms with Crippen molar-refractivity contribution in [1.29, 1.82) is 0 Å². The first-order valence-electron chi connectivity index (χ1n) is 6.08. The second-order valence-corrected chi connectivity index (χ2v) is 3.82. The molecule has 0 aliphatic rings. The SMILES string of the molecule is CCONC(=O)CCCNC(=O)c1ccc(F)cc1. The van der Waals surface area contributed by atoms with Gasteiger partial charge in [0.2, 0.25) is 5.91 Å². The van der Waals surface area contributed by atoms with Crippen molar-refractivity contribution in [3.8, 4) is 0 Å². The number of nitrogens with one attached hydrogen (secondary N) is 2. The molecule has 1 aromatic rings. The molecule has 2 amide bonds. The van der Waals surface area contributed by atoms with Crippen LogP contribution in [0.5, 0.6) is 0 Å². The summed E-state index contributed by atoms with van der Waals surface area (Å²) in [5.74, 6) is -0.896. The number of hydrogen-bond acceptors (Lipinski definition) is 3. The molecule has 0 heterocycles. The fourth-order valence-electron chi connectivity index (χ4n) is 1.36. The molecule has 19 heavy (non-hydrogen) atoms. The van der Waals surface area contributed by atoms with Gasteiger partial charge in [-0.05, 0) is 37.6 Å². The van der Waals surface area contributed by atoms with Crippen LogP contribution < -0.4 is 10.8 Å². The van der Waals surface area contributed by atoms with Crippen molar-refractivity contribution >= 4 is 11.8 Å². The van der Waals surface area contributed by atoms with Gasteiger partial charge in [-0.25, -0.2) is 9.87 Å². The van der Waals surface area contributed by atoms with E-state index >= 15 is 0 Å². The minimum atomic E-state index is -0.385. The molecular weight excluding hydrogens is 251 g/mol. The molecule has 0 atom stereocenters. The lowest BCUT2D eigenvalue weighted by atomic mass is 10.2. The van der Waals surface area contributed by atoms with E-state index < -0.39 is 0 Å². The highest BCUT2D eigenvalue weighted by molar-refractivity contribution is 5.94. The van der Waals surface area contributed by atoms with Crippen molar-refractivity contribution in [3.05, 3.63) is 35.6 Å². The molecule has 0 saturated heterocycles. The van der Waals surface area contributed by atoms with Gasteiger partial charge in [-0.3, -0.25) is 14.4 Å². The second-order valence-electron chi connectivity index (χ2n) is 3.82. The number of carbonyl (C=O) groups excluding carboxylic acids is 2. The van der Waals surface area contributed by atoms with E-state index in [9.17, 15) is 14.0 Å². The number of carbonyl (C=O) groups is 2. The van der Waals surface area contributed by atoms with Crippen molar-refractivity contribution in [1.82, 2.24) is 10.8 Å². The first kappa shape index (κ1) is 15.1. The number of hydroxylamine groups is 1. The zero-order valence-electron chi connectivity index (χ0n) is 10.7. The summed E-state index contributed by atoms with van der Waals surface area (Å²) in [5, 5.41) is 2.65. The van der Waals surface area contributed by atoms with E-state index in [-0.39, 0.29) is 24.1 Å². The second kappa shape index (κ2) is 8.20. The Bertz CT molecular complexity index is 420. The van der Waals surface area contributed by atoms with Crippen LogP contribution in [-0.2, 0) is 9.63 Å². The van der Waals surface area contributed by atoms with Gasteiger partial charge in [0.05, 0.1) is 6.61 Å². The molecule has 6 heteroatoms. The normalized spacial score (nSPS) is 10.0. The summed E-state index contributed by atoms with van der Waals surface area (Å²) in [6, 6.07) is 5.27. The summed E-state index contributed by atoms with van der Waals surface area (Å²) in [7, 11) is 0. The quantitative estimate of drug-likeness (QED) is 0.580. The predicted octanol–water partition coefficient (Wildman–Crippen LogP) is 1.40. The van der Waals surface area contributed by atoms with Gasteiger partial charge in [-0.15, -0.1) is 0 Å². The monoisotopic (exact) mass is 268 g/mol. The third-order valence-electron chi connectivity index (χ3n) is 2.30. The van der Waals surface area contributed by atoms with Gasteiger partial charge in [-0.1, -0.05) is 0 Å². The highest BCUT2D eigenvalue weighted by Gasteiger charge is 2.05. The molecule has 5 nitrogen and oxygen atoms in total. The lowest BCUT2D eigenvalue weighted by Crippen LogP contribution is -2.27. The van der Waals surface area contributed by atoms with Gasteiger partial charge >= 0.3 is 0 Å². The highest BCUT2D eigenvalue weighted by atomic mass is 19.1. The van der Waals surface area contributed by atoms with E-state index in [2.05, 4.69) is 10.8 Å². The maximum absolute atomic E-state index is 12.7. The van der Waals surface area contributed by atoms with Gasteiger partial charge in [-0.2, -0.15) is 0 Å². The topological polar surface area (TPSA) is 67.4 Å². The van der Waals surface area contributed by atoms with Gasteiger partial charge in [0.1, 0.15) is 5.82 Å². The Morgan fingerprint density at radius 2 is 1.95 bits per heavy atom. The van der Waals surface area contributed by atoms with Crippen LogP contribution >= 0.6 is 0 Å². The Balaban J connectivity index is 2.20. The van der Waals surface area contributed by atoms with Gasteiger partial charge in [0, 0.05) is 18.5 Å². The van der Waals surface area contributed by atoms with Crippen LogP contribution in [0.3, 0.4) is 0 Å². The average Bonchev–Trinajstić information content (AvgIpc) is 2.41. The molecule has 0 fully saturated rings. The molecule has 0 aromatic heterocycles. The van der Waals surface area contributed by atoms with Crippen molar-refractivity contribution in [2.24, 2.45) is 0 Å². The Morgan fingerprint density at radius 3 is 2.58 bits per heavy atom. The Labute approximate surface area is 111 Å². The van der Waals surface area contributed by atoms with Crippen LogP contribution in [0.25, 0.3) is 0 Å². The van der Waals surface area contributed by atoms with Gasteiger partial charge < -0.3 is 5.32 Å². The largest absolute Gasteiger partial charge is 0.352 e. The van der Waals surface area contributed by atoms with Crippen molar-refractivity contribution in [3.63, 3.8) is 0 Å². The molecule has 0 spiro atoms. The average molecular weight is 268 g/mol. The lowest BCUT2D eigenvalue weighted by molar-refractivity contribution is -0.133. The molecule has 1 rings (SSSR count). The highest BCUT2D eigenvalue weighted by Crippen LogP contribution is 2.02. The van der Waals surface area contributed by atoms with E-state index in [4.69, 9.17) is 4.84 Å². The maximum Gasteiger partial charge on any atom is 0.251 e. The van der Waals surface area contributed by atoms with Crippen molar-refractivity contribution in [2.45, 2.75) is 19.8 Å². The molecular formula is C13H17FN2O3. The lowest BCUT2D eigenvalue weighted by Gasteiger charge is -2.06. The molecule has 104 valence electrons. The van der Waals surface area contributed by atoms with E-state index in [0.29, 0.717) is 25.1 Å². The number of amides is 2. The van der Waals surface area contributed by atoms with Crippen LogP contribution in [0.4, 0.5) is 4.39 Å². The number of benzene rings is 1. The van der Waals surface area contributed by atoms with Crippen LogP contribution in [0.15, 0.2) is 24.3 Å². The first-order valence-corrected chi connectivity index (χ1v) is 6.08. The van der Waals surface area contributed by atoms with Crippen molar-refractivity contribution < 1.29 is 18.8 Å². The van der Waals surface area contributed by atoms with Crippen LogP contribution in [0.1, 0.15) is 30.1 Å². The zero-order valence-corrected chi connectivity index (χ0v) is 10.7. The summed E-state index contributed by atoms with van der Waals surface area (Å²) in [5.41, 5.74) is 2.65. The summed E-state index contributed by atoms with van der Waals surface area (Å²) in [6.07, 6.45) is 0.773. The molecule has 1 aromatic carbocycles. The molecule has 0 aliphatic carbocycles. The van der Waals surface area contributed by atoms with Gasteiger partial charge in [0.15, 0.2) is 0 Å². The molecule has 0 bridgehead atoms. The van der Waals surface area contributed by atoms with Crippen LogP contribution in [0.2, 0.25) is 0 Å². The van der Waals surface area contributed by atoms with E-state index in [1.807, 2.05) is 0 Å². The minimum Gasteiger partial charge on any atom is -0.352 e. The molecule has 0 saturated carbocycles. The first-order chi connectivity index (χ1) is 9.13. The fraction of sp³-hybridized carbons (Fsp3) is 0.385. The predicted molar refractivity (Wildman–Crippen MR) is 67.7 cm³/mol. The van der Waals surface area contributed by atoms with Crippen molar-refractivity contribution in [2.75, 3.05) is 13.2 Å². The minimum absolute atomic E-state index is 0.224. The summed E-state index contributed by atoms with van der Waals surface area (Å²) >= 11 is 0. The third-order valence-corrected chi connectivity index (χ3v) is 2.30. The Morgan fingerprint density at radius 1 is 1.26 bits per heavy atom. The fourth-order valence-corrected chi connectivity index (χ4v) is 1.36. The third kappa shape index (κ3) is 5.96. The number of hydrogen-bond donors (Lipinski definition) is 2. The van der Waals surface area contributed by atoms with E-state index in [1.165, 1.54) is 24.3 Å². The molecule has 2 N–H and O–H groups in total. The van der Waals surface area contributed by atoms with Crippen LogP contribution in [0, 0.1) is 5.82 Å². The Hall–Kier alpha value is -1.95. The van der Waals surface area contributed by atoms with Crippen LogP contribution in [-0.4, -0.2) is 25.0 Å². The smallest absolute Gasteiger partial charge is 0.251 e. The summed E-state index contributed by atoms with van der Waals surface area (Å²) in [4.78, 5) is 27.5. The Kier molecular flexibility index (Phi) is 6.52. The zero-order chi connectivity index (χ0) is 14.1. The number of halogens is 1. The molecule has 0 unspecified atom stereocenters. The molecule has 0 aliphatic heterocycles. The van der Waals surface area contributed by atoms with Gasteiger partial charge in [0.25, 0.3) is 5.91 Å². The summed E-state index contributed by atoms with van der Waals surface area (Å²) < 4.78 is 12.7. The number of rotatable bonds is 7. The standard InChI is InChI=1S/C13H17FN2O3/c1-2-19-16-12(17)4-3-9-15-13(18)10-5-7-11(14)8-6-10/h5-8H,2-4,9H2,1H3,(H,15,18)(H,16,17). The van der Waals surface area contributed by atoms with E-state index in [1.54, 1.807) is 6.92 Å². The summed E-state index contributed by atoms with van der Waals surface area (Å²) in [6.45, 7) is 2.55. The maximum atomic E-state index is 12.7. The molecule has 0 radical (unpaired) electrons.